The van der Waals surface area contributed by atoms with Crippen molar-refractivity contribution in [3.63, 3.8) is 0 Å². The first kappa shape index (κ1) is 18.5. The molecule has 0 aromatic heterocycles. The van der Waals surface area contributed by atoms with Crippen molar-refractivity contribution < 1.29 is 37.5 Å². The summed E-state index contributed by atoms with van der Waals surface area (Å²) >= 11 is 0. The van der Waals surface area contributed by atoms with E-state index in [0.717, 1.165) is 0 Å². The van der Waals surface area contributed by atoms with Crippen LogP contribution in [0.15, 0.2) is 59.5 Å². The Labute approximate surface area is 164 Å². The second kappa shape index (κ2) is 6.35. The molecule has 0 saturated carbocycles. The fourth-order valence-electron chi connectivity index (χ4n) is 3.08. The van der Waals surface area contributed by atoms with E-state index in [0.29, 0.717) is 6.08 Å². The molecular formula is C20H12O8S. The van der Waals surface area contributed by atoms with Gasteiger partial charge in [-0.15, -0.1) is 0 Å². The summed E-state index contributed by atoms with van der Waals surface area (Å²) in [6.45, 7) is 0. The van der Waals surface area contributed by atoms with E-state index in [1.807, 2.05) is 0 Å². The highest BCUT2D eigenvalue weighted by atomic mass is 32.2. The van der Waals surface area contributed by atoms with Gasteiger partial charge in [-0.3, -0.25) is 9.59 Å². The maximum atomic E-state index is 12.8. The van der Waals surface area contributed by atoms with Crippen molar-refractivity contribution in [3.05, 3.63) is 70.6 Å². The number of carbonyl (C=O) groups is 2. The van der Waals surface area contributed by atoms with Crippen LogP contribution in [0.4, 0.5) is 0 Å². The molecule has 4 rings (SSSR count). The third kappa shape index (κ3) is 2.79. The van der Waals surface area contributed by atoms with E-state index >= 15 is 0 Å². The number of aromatic hydroxyl groups is 3. The monoisotopic (exact) mass is 412 g/mol. The van der Waals surface area contributed by atoms with Gasteiger partial charge < -0.3 is 19.5 Å². The molecule has 3 N–H and O–H groups in total. The lowest BCUT2D eigenvalue weighted by atomic mass is 9.95. The minimum atomic E-state index is -4.87. The zero-order chi connectivity index (χ0) is 20.9. The molecule has 0 atom stereocenters. The molecule has 0 fully saturated rings. The number of ketones is 2. The van der Waals surface area contributed by atoms with Gasteiger partial charge in [-0.05, 0) is 0 Å². The van der Waals surface area contributed by atoms with Crippen molar-refractivity contribution in [1.29, 1.82) is 0 Å². The first-order valence-corrected chi connectivity index (χ1v) is 9.63. The lowest BCUT2D eigenvalue weighted by Gasteiger charge is -2.17. The van der Waals surface area contributed by atoms with Crippen LogP contribution in [0.5, 0.6) is 23.0 Å². The Bertz CT molecular complexity index is 1350. The largest absolute Gasteiger partial charge is 0.504 e. The molecule has 0 amide bonds. The Balaban J connectivity index is 1.86. The third-order valence-electron chi connectivity index (χ3n) is 4.48. The number of phenols is 3. The van der Waals surface area contributed by atoms with Crippen LogP contribution in [0.3, 0.4) is 0 Å². The summed E-state index contributed by atoms with van der Waals surface area (Å²) in [6.07, 6.45) is 0.652. The normalized spacial score (nSPS) is 13.9. The zero-order valence-electron chi connectivity index (χ0n) is 14.5. The molecule has 0 saturated heterocycles. The molecule has 3 aromatic carbocycles. The number of hydrogen-bond donors (Lipinski definition) is 3. The predicted octanol–water partition coefficient (Wildman–Crippen LogP) is 2.63. The molecule has 29 heavy (non-hydrogen) atoms. The van der Waals surface area contributed by atoms with Crippen molar-refractivity contribution in [2.45, 2.75) is 0 Å². The number of Topliss-reactive ketones (excluding diaryl/α,β-unsaturated/α-hetero) is 1. The highest BCUT2D eigenvalue weighted by Crippen LogP contribution is 2.49. The van der Waals surface area contributed by atoms with E-state index < -0.39 is 49.6 Å². The van der Waals surface area contributed by atoms with Gasteiger partial charge >= 0.3 is 10.1 Å². The van der Waals surface area contributed by atoms with Gasteiger partial charge in [-0.2, -0.15) is 8.42 Å². The Kier molecular flexibility index (Phi) is 4.05. The van der Waals surface area contributed by atoms with E-state index in [1.54, 1.807) is 0 Å². The van der Waals surface area contributed by atoms with Crippen molar-refractivity contribution in [2.75, 3.05) is 0 Å². The predicted molar refractivity (Wildman–Crippen MR) is 102 cm³/mol. The summed E-state index contributed by atoms with van der Waals surface area (Å²) in [5, 5.41) is 30.0. The number of allylic oxidation sites excluding steroid dienone is 2. The summed E-state index contributed by atoms with van der Waals surface area (Å²) in [4.78, 5) is 24.0. The number of fused-ring (bicyclic) bond motifs is 2. The van der Waals surface area contributed by atoms with Crippen LogP contribution in [-0.2, 0) is 10.1 Å². The van der Waals surface area contributed by atoms with Gasteiger partial charge in [0.05, 0.1) is 0 Å². The molecule has 9 heteroatoms. The minimum Gasteiger partial charge on any atom is -0.504 e. The Morgan fingerprint density at radius 2 is 1.31 bits per heavy atom. The molecule has 1 aliphatic carbocycles. The molecule has 0 unspecified atom stereocenters. The van der Waals surface area contributed by atoms with Crippen molar-refractivity contribution in [1.82, 2.24) is 0 Å². The van der Waals surface area contributed by atoms with E-state index in [1.165, 1.54) is 48.5 Å². The topological polar surface area (TPSA) is 138 Å². The van der Waals surface area contributed by atoms with Crippen molar-refractivity contribution in [2.24, 2.45) is 0 Å². The van der Waals surface area contributed by atoms with Crippen LogP contribution in [-0.4, -0.2) is 35.3 Å². The maximum Gasteiger partial charge on any atom is 0.343 e. The number of benzene rings is 3. The van der Waals surface area contributed by atoms with E-state index in [4.69, 9.17) is 4.18 Å². The van der Waals surface area contributed by atoms with Crippen LogP contribution in [0, 0.1) is 0 Å². The van der Waals surface area contributed by atoms with Gasteiger partial charge in [0.2, 0.25) is 17.3 Å². The number of hydrogen-bond acceptors (Lipinski definition) is 8. The van der Waals surface area contributed by atoms with Crippen molar-refractivity contribution in [3.8, 4) is 23.0 Å². The van der Waals surface area contributed by atoms with Gasteiger partial charge in [0.15, 0.2) is 22.2 Å². The molecule has 0 heterocycles. The Morgan fingerprint density at radius 3 is 2.00 bits per heavy atom. The van der Waals surface area contributed by atoms with Gasteiger partial charge in [-0.25, -0.2) is 0 Å². The maximum absolute atomic E-state index is 12.8. The van der Waals surface area contributed by atoms with Crippen LogP contribution in [0.2, 0.25) is 0 Å². The summed E-state index contributed by atoms with van der Waals surface area (Å²) in [5.41, 5.74) is -0.0307. The fraction of sp³-hybridized carbons (Fsp3) is 0. The molecule has 8 nitrogen and oxygen atoms in total. The molecule has 3 aromatic rings. The molecule has 146 valence electrons. The van der Waals surface area contributed by atoms with E-state index in [9.17, 15) is 33.3 Å². The molecule has 0 radical (unpaired) electrons. The Hall–Kier alpha value is -3.85. The molecule has 0 spiro atoms. The SMILES string of the molecule is O=C1C=C(S(=O)(=O)Oc2c(O)c(O)c(O)c3ccccc23)C(=O)c2ccccc21. The minimum absolute atomic E-state index is 0.0124. The Morgan fingerprint density at radius 1 is 0.724 bits per heavy atom. The summed E-state index contributed by atoms with van der Waals surface area (Å²) in [7, 11) is -4.87. The fourth-order valence-corrected chi connectivity index (χ4v) is 4.14. The zero-order valence-corrected chi connectivity index (χ0v) is 15.3. The summed E-state index contributed by atoms with van der Waals surface area (Å²) < 4.78 is 30.6. The van der Waals surface area contributed by atoms with Gasteiger partial charge in [0.25, 0.3) is 0 Å². The van der Waals surface area contributed by atoms with Crippen LogP contribution < -0.4 is 4.18 Å². The number of phenolic OH excluding ortho intramolecular Hbond substituents is 3. The van der Waals surface area contributed by atoms with Gasteiger partial charge in [0, 0.05) is 28.0 Å². The number of carbonyl (C=O) groups excluding carboxylic acids is 2. The smallest absolute Gasteiger partial charge is 0.343 e. The highest BCUT2D eigenvalue weighted by molar-refractivity contribution is 7.92. The van der Waals surface area contributed by atoms with Crippen LogP contribution in [0.1, 0.15) is 20.7 Å². The molecule has 1 aliphatic rings. The lowest BCUT2D eigenvalue weighted by molar-refractivity contribution is 0.0989. The molecule has 0 aliphatic heterocycles. The summed E-state index contributed by atoms with van der Waals surface area (Å²) in [5.74, 6) is -4.99. The first-order chi connectivity index (χ1) is 13.7. The second-order valence-corrected chi connectivity index (χ2v) is 7.72. The first-order valence-electron chi connectivity index (χ1n) is 8.22. The highest BCUT2D eigenvalue weighted by Gasteiger charge is 2.36. The second-order valence-electron chi connectivity index (χ2n) is 6.21. The van der Waals surface area contributed by atoms with E-state index in [2.05, 4.69) is 0 Å². The summed E-state index contributed by atoms with van der Waals surface area (Å²) in [6, 6.07) is 11.5. The number of rotatable bonds is 3. The molecule has 0 bridgehead atoms. The quantitative estimate of drug-likeness (QED) is 0.441. The van der Waals surface area contributed by atoms with E-state index in [-0.39, 0.29) is 21.9 Å². The average molecular weight is 412 g/mol. The van der Waals surface area contributed by atoms with Crippen LogP contribution in [0.25, 0.3) is 10.8 Å². The molecular weight excluding hydrogens is 400 g/mol. The lowest BCUT2D eigenvalue weighted by Crippen LogP contribution is -2.25. The average Bonchev–Trinajstić information content (AvgIpc) is 2.72. The van der Waals surface area contributed by atoms with Crippen molar-refractivity contribution >= 4 is 32.5 Å². The van der Waals surface area contributed by atoms with Crippen LogP contribution >= 0.6 is 0 Å². The standard InChI is InChI=1S/C20H12O8S/c21-14-9-15(16(22)11-6-2-1-5-10(11)14)29(26,27)28-20-13-8-4-3-7-12(13)17(23)18(24)19(20)25/h1-9,23-25H. The van der Waals surface area contributed by atoms with Gasteiger partial charge in [0.1, 0.15) is 0 Å². The van der Waals surface area contributed by atoms with Gasteiger partial charge in [-0.1, -0.05) is 48.5 Å². The third-order valence-corrected chi connectivity index (χ3v) is 5.70.